The molecule has 0 fully saturated rings. The van der Waals surface area contributed by atoms with Crippen molar-refractivity contribution in [2.24, 2.45) is 5.73 Å². The molecule has 0 aromatic heterocycles. The van der Waals surface area contributed by atoms with Gasteiger partial charge >= 0.3 is 0 Å². The lowest BCUT2D eigenvalue weighted by molar-refractivity contribution is -0.119. The highest BCUT2D eigenvalue weighted by Gasteiger charge is 2.22. The van der Waals surface area contributed by atoms with Crippen LogP contribution >= 0.6 is 0 Å². The number of halogens is 2. The van der Waals surface area contributed by atoms with Crippen molar-refractivity contribution in [1.82, 2.24) is 5.32 Å². The van der Waals surface area contributed by atoms with Crippen LogP contribution in [0.5, 0.6) is 0 Å². The summed E-state index contributed by atoms with van der Waals surface area (Å²) in [5.41, 5.74) is 7.84. The average molecular weight is 332 g/mol. The molecule has 0 bridgehead atoms. The summed E-state index contributed by atoms with van der Waals surface area (Å²) in [6, 6.07) is 7.28. The van der Waals surface area contributed by atoms with Crippen LogP contribution in [0.3, 0.4) is 0 Å². The fourth-order valence-electron chi connectivity index (χ4n) is 2.51. The number of hydrogen-bond acceptors (Lipinski definition) is 2. The Morgan fingerprint density at radius 3 is 2.29 bits per heavy atom. The molecule has 126 valence electrons. The van der Waals surface area contributed by atoms with E-state index in [-0.39, 0.29) is 12.0 Å². The van der Waals surface area contributed by atoms with Gasteiger partial charge in [0.05, 0.1) is 5.56 Å². The molecule has 4 nitrogen and oxygen atoms in total. The molecule has 3 N–H and O–H groups in total. The minimum atomic E-state index is -0.998. The van der Waals surface area contributed by atoms with Gasteiger partial charge in [0.25, 0.3) is 5.91 Å². The predicted octanol–water partition coefficient (Wildman–Crippen LogP) is 2.41. The summed E-state index contributed by atoms with van der Waals surface area (Å²) in [7, 11) is 0. The molecule has 0 saturated heterocycles. The molecule has 0 saturated carbocycles. The summed E-state index contributed by atoms with van der Waals surface area (Å²) < 4.78 is 26.6. The molecule has 2 rings (SSSR count). The second-order valence-electron chi connectivity index (χ2n) is 5.63. The maximum Gasteiger partial charge on any atom is 0.254 e. The van der Waals surface area contributed by atoms with Gasteiger partial charge in [-0.2, -0.15) is 0 Å². The van der Waals surface area contributed by atoms with E-state index < -0.39 is 29.5 Å². The van der Waals surface area contributed by atoms with Gasteiger partial charge in [-0.25, -0.2) is 8.78 Å². The van der Waals surface area contributed by atoms with Crippen molar-refractivity contribution < 1.29 is 18.4 Å². The number of benzene rings is 2. The summed E-state index contributed by atoms with van der Waals surface area (Å²) in [5, 5.41) is 2.42. The fourth-order valence-corrected chi connectivity index (χ4v) is 2.51. The van der Waals surface area contributed by atoms with Gasteiger partial charge in [-0.15, -0.1) is 0 Å². The molecule has 0 aliphatic heterocycles. The Kier molecular flexibility index (Phi) is 5.28. The molecule has 0 aliphatic carbocycles. The summed E-state index contributed by atoms with van der Waals surface area (Å²) in [6.07, 6.45) is 0.197. The number of nitrogens with one attached hydrogen (secondary N) is 1. The standard InChI is InChI=1S/C18H18F2N2O2/c1-10-4-3-5-11(2)14(10)9-16(17(21)23)22-18(24)13-7-6-12(19)8-15(13)20/h3-8,16H,9H2,1-2H3,(H2,21,23)(H,22,24)/t16-/m0/s1. The average Bonchev–Trinajstić information content (AvgIpc) is 2.49. The van der Waals surface area contributed by atoms with E-state index in [1.54, 1.807) is 0 Å². The smallest absolute Gasteiger partial charge is 0.254 e. The number of carbonyl (C=O) groups is 2. The first-order chi connectivity index (χ1) is 11.3. The van der Waals surface area contributed by atoms with Gasteiger partial charge in [-0.1, -0.05) is 18.2 Å². The molecule has 0 radical (unpaired) electrons. The van der Waals surface area contributed by atoms with Crippen LogP contribution in [-0.4, -0.2) is 17.9 Å². The highest BCUT2D eigenvalue weighted by molar-refractivity contribution is 5.97. The van der Waals surface area contributed by atoms with Crippen molar-refractivity contribution in [1.29, 1.82) is 0 Å². The lowest BCUT2D eigenvalue weighted by Gasteiger charge is -2.18. The minimum Gasteiger partial charge on any atom is -0.368 e. The molecule has 2 amide bonds. The highest BCUT2D eigenvalue weighted by Crippen LogP contribution is 2.16. The van der Waals surface area contributed by atoms with Gasteiger partial charge in [0, 0.05) is 12.5 Å². The van der Waals surface area contributed by atoms with Crippen molar-refractivity contribution in [3.05, 3.63) is 70.3 Å². The van der Waals surface area contributed by atoms with Gasteiger partial charge in [0.15, 0.2) is 0 Å². The summed E-state index contributed by atoms with van der Waals surface area (Å²) >= 11 is 0. The molecule has 0 spiro atoms. The number of primary amides is 1. The molecule has 2 aromatic carbocycles. The maximum atomic E-state index is 13.7. The number of rotatable bonds is 5. The number of carbonyl (C=O) groups excluding carboxylic acids is 2. The Balaban J connectivity index is 2.23. The number of amides is 2. The van der Waals surface area contributed by atoms with Gasteiger partial charge in [0.2, 0.25) is 5.91 Å². The van der Waals surface area contributed by atoms with E-state index in [1.807, 2.05) is 32.0 Å². The Hall–Kier alpha value is -2.76. The molecule has 1 atom stereocenters. The second-order valence-corrected chi connectivity index (χ2v) is 5.63. The monoisotopic (exact) mass is 332 g/mol. The van der Waals surface area contributed by atoms with E-state index in [0.29, 0.717) is 6.07 Å². The van der Waals surface area contributed by atoms with Gasteiger partial charge in [-0.05, 0) is 42.7 Å². The number of aryl methyl sites for hydroxylation is 2. The van der Waals surface area contributed by atoms with Crippen LogP contribution in [0.2, 0.25) is 0 Å². The second kappa shape index (κ2) is 7.21. The quantitative estimate of drug-likeness (QED) is 0.882. The lowest BCUT2D eigenvalue weighted by atomic mass is 9.96. The van der Waals surface area contributed by atoms with E-state index in [9.17, 15) is 18.4 Å². The van der Waals surface area contributed by atoms with E-state index in [1.165, 1.54) is 0 Å². The molecule has 2 aromatic rings. The lowest BCUT2D eigenvalue weighted by Crippen LogP contribution is -2.46. The van der Waals surface area contributed by atoms with E-state index in [4.69, 9.17) is 5.73 Å². The normalized spacial score (nSPS) is 11.8. The topological polar surface area (TPSA) is 72.2 Å². The van der Waals surface area contributed by atoms with Gasteiger partial charge in [-0.3, -0.25) is 9.59 Å². The van der Waals surface area contributed by atoms with Gasteiger partial charge in [0.1, 0.15) is 17.7 Å². The van der Waals surface area contributed by atoms with Crippen molar-refractivity contribution >= 4 is 11.8 Å². The SMILES string of the molecule is Cc1cccc(C)c1C[C@H](NC(=O)c1ccc(F)cc1F)C(N)=O. The first-order valence-corrected chi connectivity index (χ1v) is 7.40. The maximum absolute atomic E-state index is 13.7. The molecular formula is C18H18F2N2O2. The summed E-state index contributed by atoms with van der Waals surface area (Å²) in [4.78, 5) is 23.9. The zero-order valence-corrected chi connectivity index (χ0v) is 13.4. The zero-order chi connectivity index (χ0) is 17.9. The molecular weight excluding hydrogens is 314 g/mol. The van der Waals surface area contributed by atoms with Crippen molar-refractivity contribution in [2.75, 3.05) is 0 Å². The third-order valence-electron chi connectivity index (χ3n) is 3.88. The highest BCUT2D eigenvalue weighted by atomic mass is 19.1. The first kappa shape index (κ1) is 17.6. The fraction of sp³-hybridized carbons (Fsp3) is 0.222. The Morgan fingerprint density at radius 2 is 1.75 bits per heavy atom. The van der Waals surface area contributed by atoms with E-state index in [2.05, 4.69) is 5.32 Å². The third-order valence-corrected chi connectivity index (χ3v) is 3.88. The van der Waals surface area contributed by atoms with E-state index in [0.717, 1.165) is 28.8 Å². The molecule has 24 heavy (non-hydrogen) atoms. The van der Waals surface area contributed by atoms with E-state index >= 15 is 0 Å². The van der Waals surface area contributed by atoms with Crippen molar-refractivity contribution in [3.63, 3.8) is 0 Å². The third kappa shape index (κ3) is 3.95. The van der Waals surface area contributed by atoms with Crippen LogP contribution in [-0.2, 0) is 11.2 Å². The van der Waals surface area contributed by atoms with Crippen LogP contribution in [0.25, 0.3) is 0 Å². The Labute approximate surface area is 138 Å². The van der Waals surface area contributed by atoms with Crippen molar-refractivity contribution in [3.8, 4) is 0 Å². The van der Waals surface area contributed by atoms with Crippen LogP contribution < -0.4 is 11.1 Å². The zero-order valence-electron chi connectivity index (χ0n) is 13.4. The van der Waals surface area contributed by atoms with Crippen molar-refractivity contribution in [2.45, 2.75) is 26.3 Å². The Morgan fingerprint density at radius 1 is 1.12 bits per heavy atom. The Bertz CT molecular complexity index is 770. The minimum absolute atomic E-state index is 0.197. The number of nitrogens with two attached hydrogens (primary N) is 1. The first-order valence-electron chi connectivity index (χ1n) is 7.40. The molecule has 0 heterocycles. The largest absolute Gasteiger partial charge is 0.368 e. The van der Waals surface area contributed by atoms with Crippen LogP contribution in [0.15, 0.2) is 36.4 Å². The van der Waals surface area contributed by atoms with Crippen LogP contribution in [0, 0.1) is 25.5 Å². The van der Waals surface area contributed by atoms with Gasteiger partial charge < -0.3 is 11.1 Å². The summed E-state index contributed by atoms with van der Waals surface area (Å²) in [5.74, 6) is -3.33. The predicted molar refractivity (Wildman–Crippen MR) is 86.4 cm³/mol. The molecule has 0 unspecified atom stereocenters. The van der Waals surface area contributed by atoms with Crippen LogP contribution in [0.4, 0.5) is 8.78 Å². The summed E-state index contributed by atoms with van der Waals surface area (Å²) in [6.45, 7) is 3.78. The van der Waals surface area contributed by atoms with Crippen LogP contribution in [0.1, 0.15) is 27.0 Å². The molecule has 6 heteroatoms. The number of hydrogen-bond donors (Lipinski definition) is 2. The molecule has 0 aliphatic rings.